The highest BCUT2D eigenvalue weighted by atomic mass is 19.4. The second-order valence-corrected chi connectivity index (χ2v) is 2.48. The molecule has 0 N–H and O–H groups in total. The lowest BCUT2D eigenvalue weighted by Crippen LogP contribution is -2.10. The Balaban J connectivity index is 2.55. The SMILES string of the molecule is O=COCc1cc(CC(F)(F)F)on1. The molecule has 7 heteroatoms. The fraction of sp³-hybridized carbons (Fsp3) is 0.429. The van der Waals surface area contributed by atoms with Crippen molar-refractivity contribution in [3.05, 3.63) is 17.5 Å². The Morgan fingerprint density at radius 3 is 2.86 bits per heavy atom. The Labute approximate surface area is 76.6 Å². The first-order valence-electron chi connectivity index (χ1n) is 3.58. The molecule has 0 spiro atoms. The molecule has 4 nitrogen and oxygen atoms in total. The van der Waals surface area contributed by atoms with Crippen molar-refractivity contribution in [1.82, 2.24) is 5.16 Å². The monoisotopic (exact) mass is 209 g/mol. The smallest absolute Gasteiger partial charge is 0.396 e. The van der Waals surface area contributed by atoms with E-state index in [0.29, 0.717) is 0 Å². The normalized spacial score (nSPS) is 11.4. The number of alkyl halides is 3. The first-order valence-corrected chi connectivity index (χ1v) is 3.58. The average Bonchev–Trinajstić information content (AvgIpc) is 2.46. The summed E-state index contributed by atoms with van der Waals surface area (Å²) in [7, 11) is 0. The largest absolute Gasteiger partial charge is 0.461 e. The van der Waals surface area contributed by atoms with Crippen LogP contribution in [0.15, 0.2) is 10.6 Å². The van der Waals surface area contributed by atoms with Crippen LogP contribution in [0.3, 0.4) is 0 Å². The number of hydrogen-bond acceptors (Lipinski definition) is 4. The molecule has 14 heavy (non-hydrogen) atoms. The molecule has 0 saturated carbocycles. The van der Waals surface area contributed by atoms with Crippen molar-refractivity contribution < 1.29 is 27.2 Å². The Bertz CT molecular complexity index is 307. The van der Waals surface area contributed by atoms with Gasteiger partial charge in [0.2, 0.25) is 0 Å². The van der Waals surface area contributed by atoms with Crippen molar-refractivity contribution in [2.75, 3.05) is 0 Å². The molecule has 0 saturated heterocycles. The molecule has 0 unspecified atom stereocenters. The van der Waals surface area contributed by atoms with Crippen molar-refractivity contribution in [1.29, 1.82) is 0 Å². The number of halogens is 3. The molecule has 0 amide bonds. The second-order valence-electron chi connectivity index (χ2n) is 2.48. The fourth-order valence-electron chi connectivity index (χ4n) is 0.824. The lowest BCUT2D eigenvalue weighted by atomic mass is 10.3. The summed E-state index contributed by atoms with van der Waals surface area (Å²) in [6, 6.07) is 1.09. The highest BCUT2D eigenvalue weighted by molar-refractivity contribution is 5.37. The number of rotatable bonds is 4. The molecular formula is C7H6F3NO3. The number of hydrogen-bond donors (Lipinski definition) is 0. The van der Waals surface area contributed by atoms with Gasteiger partial charge in [-0.15, -0.1) is 0 Å². The summed E-state index contributed by atoms with van der Waals surface area (Å²) < 4.78 is 44.1. The van der Waals surface area contributed by atoms with Gasteiger partial charge in [-0.2, -0.15) is 13.2 Å². The molecule has 1 aromatic heterocycles. The standard InChI is InChI=1S/C7H6F3NO3/c8-7(9,10)2-6-1-5(11-14-6)3-13-4-12/h1,4H,2-3H2. The molecule has 0 radical (unpaired) electrons. The van der Waals surface area contributed by atoms with E-state index in [0.717, 1.165) is 6.07 Å². The summed E-state index contributed by atoms with van der Waals surface area (Å²) in [6.45, 7) is -0.0109. The molecule has 78 valence electrons. The predicted molar refractivity (Wildman–Crippen MR) is 37.1 cm³/mol. The van der Waals surface area contributed by atoms with Crippen LogP contribution in [0.5, 0.6) is 0 Å². The van der Waals surface area contributed by atoms with E-state index in [1.54, 1.807) is 0 Å². The second kappa shape index (κ2) is 4.12. The highest BCUT2D eigenvalue weighted by Crippen LogP contribution is 2.21. The maximum atomic E-state index is 11.8. The van der Waals surface area contributed by atoms with Gasteiger partial charge >= 0.3 is 6.18 Å². The average molecular weight is 209 g/mol. The molecule has 1 aromatic rings. The van der Waals surface area contributed by atoms with E-state index in [-0.39, 0.29) is 24.5 Å². The molecule has 0 aliphatic rings. The van der Waals surface area contributed by atoms with Crippen LogP contribution >= 0.6 is 0 Å². The van der Waals surface area contributed by atoms with Crippen LogP contribution in [-0.2, 0) is 22.6 Å². The van der Waals surface area contributed by atoms with Crippen LogP contribution in [0.1, 0.15) is 11.5 Å². The summed E-state index contributed by atoms with van der Waals surface area (Å²) in [5, 5.41) is 3.28. The van der Waals surface area contributed by atoms with Crippen LogP contribution in [0.25, 0.3) is 0 Å². The molecule has 0 aliphatic heterocycles. The Hall–Kier alpha value is -1.53. The van der Waals surface area contributed by atoms with Gasteiger partial charge in [0.25, 0.3) is 6.47 Å². The quantitative estimate of drug-likeness (QED) is 0.704. The number of ether oxygens (including phenoxy) is 1. The van der Waals surface area contributed by atoms with Crippen molar-refractivity contribution in [2.45, 2.75) is 19.2 Å². The van der Waals surface area contributed by atoms with Crippen LogP contribution in [0, 0.1) is 0 Å². The van der Waals surface area contributed by atoms with Gasteiger partial charge in [0, 0.05) is 6.07 Å². The molecule has 0 atom stereocenters. The van der Waals surface area contributed by atoms with Gasteiger partial charge in [-0.1, -0.05) is 5.16 Å². The molecule has 0 fully saturated rings. The number of nitrogens with zero attached hydrogens (tertiary/aromatic N) is 1. The minimum atomic E-state index is -4.33. The van der Waals surface area contributed by atoms with Gasteiger partial charge in [-0.3, -0.25) is 4.79 Å². The summed E-state index contributed by atoms with van der Waals surface area (Å²) in [6.07, 6.45) is -5.51. The van der Waals surface area contributed by atoms with Gasteiger partial charge in [-0.05, 0) is 0 Å². The van der Waals surface area contributed by atoms with Crippen molar-refractivity contribution in [3.63, 3.8) is 0 Å². The predicted octanol–water partition coefficient (Wildman–Crippen LogP) is 1.45. The summed E-state index contributed by atoms with van der Waals surface area (Å²) in [5.41, 5.74) is 0.149. The fourth-order valence-corrected chi connectivity index (χ4v) is 0.824. The first-order chi connectivity index (χ1) is 6.51. The molecule has 1 rings (SSSR count). The summed E-state index contributed by atoms with van der Waals surface area (Å²) >= 11 is 0. The Morgan fingerprint density at radius 1 is 1.57 bits per heavy atom. The lowest BCUT2D eigenvalue weighted by molar-refractivity contribution is -0.131. The lowest BCUT2D eigenvalue weighted by Gasteiger charge is -2.00. The third kappa shape index (κ3) is 3.46. The van der Waals surface area contributed by atoms with E-state index < -0.39 is 12.6 Å². The number of aromatic nitrogens is 1. The molecular weight excluding hydrogens is 203 g/mol. The third-order valence-corrected chi connectivity index (χ3v) is 1.28. The molecule has 0 bridgehead atoms. The van der Waals surface area contributed by atoms with Gasteiger partial charge in [-0.25, -0.2) is 0 Å². The van der Waals surface area contributed by atoms with Gasteiger partial charge in [0.05, 0.1) is 0 Å². The zero-order chi connectivity index (χ0) is 10.6. The van der Waals surface area contributed by atoms with E-state index >= 15 is 0 Å². The minimum absolute atomic E-state index is 0.149. The van der Waals surface area contributed by atoms with Crippen LogP contribution in [0.2, 0.25) is 0 Å². The molecule has 0 aliphatic carbocycles. The maximum Gasteiger partial charge on any atom is 0.396 e. The van der Waals surface area contributed by atoms with E-state index in [9.17, 15) is 18.0 Å². The van der Waals surface area contributed by atoms with E-state index in [1.807, 2.05) is 0 Å². The maximum absolute atomic E-state index is 11.8. The van der Waals surface area contributed by atoms with Gasteiger partial charge < -0.3 is 9.26 Å². The van der Waals surface area contributed by atoms with Crippen LogP contribution in [0.4, 0.5) is 13.2 Å². The van der Waals surface area contributed by atoms with E-state index in [2.05, 4.69) is 14.4 Å². The van der Waals surface area contributed by atoms with Crippen LogP contribution < -0.4 is 0 Å². The first kappa shape index (κ1) is 10.6. The van der Waals surface area contributed by atoms with Crippen molar-refractivity contribution in [3.8, 4) is 0 Å². The van der Waals surface area contributed by atoms with Gasteiger partial charge in [0.1, 0.15) is 24.5 Å². The Morgan fingerprint density at radius 2 is 2.29 bits per heavy atom. The van der Waals surface area contributed by atoms with E-state index in [4.69, 9.17) is 0 Å². The van der Waals surface area contributed by atoms with Crippen LogP contribution in [-0.4, -0.2) is 17.8 Å². The van der Waals surface area contributed by atoms with Gasteiger partial charge in [0.15, 0.2) is 0 Å². The molecule has 1 heterocycles. The minimum Gasteiger partial charge on any atom is -0.461 e. The number of carbonyl (C=O) groups excluding carboxylic acids is 1. The Kier molecular flexibility index (Phi) is 3.10. The zero-order valence-corrected chi connectivity index (χ0v) is 6.87. The number of carbonyl (C=O) groups is 1. The summed E-state index contributed by atoms with van der Waals surface area (Å²) in [5.74, 6) is -0.304. The zero-order valence-electron chi connectivity index (χ0n) is 6.87. The molecule has 0 aromatic carbocycles. The highest BCUT2D eigenvalue weighted by Gasteiger charge is 2.30. The topological polar surface area (TPSA) is 52.3 Å². The van der Waals surface area contributed by atoms with Crippen molar-refractivity contribution >= 4 is 6.47 Å². The third-order valence-electron chi connectivity index (χ3n) is 1.28. The van der Waals surface area contributed by atoms with E-state index in [1.165, 1.54) is 0 Å². The summed E-state index contributed by atoms with van der Waals surface area (Å²) in [4.78, 5) is 9.75. The van der Waals surface area contributed by atoms with Crippen molar-refractivity contribution in [2.24, 2.45) is 0 Å².